The van der Waals surface area contributed by atoms with Crippen LogP contribution >= 0.6 is 0 Å². The molecule has 0 amide bonds. The molecule has 1 fully saturated rings. The van der Waals surface area contributed by atoms with Crippen molar-refractivity contribution in [2.75, 3.05) is 20.8 Å². The predicted octanol–water partition coefficient (Wildman–Crippen LogP) is 3.97. The average molecular weight is 451 g/mol. The van der Waals surface area contributed by atoms with Crippen molar-refractivity contribution in [3.63, 3.8) is 0 Å². The van der Waals surface area contributed by atoms with Crippen molar-refractivity contribution in [2.24, 2.45) is 5.92 Å². The Morgan fingerprint density at radius 2 is 1.87 bits per heavy atom. The van der Waals surface area contributed by atoms with Gasteiger partial charge < -0.3 is 28.5 Å². The maximum Gasteiger partial charge on any atom is 0.192 e. The lowest BCUT2D eigenvalue weighted by Crippen LogP contribution is -2.56. The lowest BCUT2D eigenvalue weighted by Gasteiger charge is -2.46. The van der Waals surface area contributed by atoms with E-state index in [1.807, 2.05) is 24.3 Å². The van der Waals surface area contributed by atoms with Gasteiger partial charge in [-0.05, 0) is 35.8 Å². The smallest absolute Gasteiger partial charge is 0.192 e. The van der Waals surface area contributed by atoms with E-state index in [1.165, 1.54) is 0 Å². The summed E-state index contributed by atoms with van der Waals surface area (Å²) in [7, 11) is 1.05. The van der Waals surface area contributed by atoms with Crippen molar-refractivity contribution in [3.05, 3.63) is 29.8 Å². The third-order valence-corrected chi connectivity index (χ3v) is 10.8. The summed E-state index contributed by atoms with van der Waals surface area (Å²) in [5.74, 6) is 2.97. The first-order valence-corrected chi connectivity index (χ1v) is 13.6. The van der Waals surface area contributed by atoms with E-state index >= 15 is 0 Å². The van der Waals surface area contributed by atoms with E-state index in [9.17, 15) is 5.11 Å². The molecule has 0 saturated carbocycles. The zero-order chi connectivity index (χ0) is 23.2. The van der Waals surface area contributed by atoms with E-state index in [0.717, 1.165) is 11.3 Å². The van der Waals surface area contributed by atoms with Crippen LogP contribution in [0.3, 0.4) is 0 Å². The maximum atomic E-state index is 10.9. The Kier molecular flexibility index (Phi) is 9.13. The van der Waals surface area contributed by atoms with E-state index in [4.69, 9.17) is 29.8 Å². The maximum absolute atomic E-state index is 10.9. The summed E-state index contributed by atoms with van der Waals surface area (Å²) >= 11 is 0. The number of ether oxygens (including phenoxy) is 4. The summed E-state index contributed by atoms with van der Waals surface area (Å²) in [6.07, 6.45) is 3.63. The van der Waals surface area contributed by atoms with Crippen molar-refractivity contribution in [1.29, 1.82) is 0 Å². The molecule has 6 nitrogen and oxygen atoms in total. The number of aliphatic hydroxyl groups excluding tert-OH is 1. The van der Waals surface area contributed by atoms with E-state index in [2.05, 4.69) is 39.8 Å². The van der Waals surface area contributed by atoms with Crippen LogP contribution in [0.15, 0.2) is 24.3 Å². The van der Waals surface area contributed by atoms with Gasteiger partial charge in [-0.3, -0.25) is 0 Å². The standard InChI is InChI=1S/C24H38O6Si/c1-9-18-14-20(25)22(23(27-6)29-18)21(30-31(7,8)24(2,3)4)16-28-15-17-10-12-19(26-5)13-11-17/h1,10-13,18,20-23,25H,14-16H2,2-8H3/t18-,20-,21-,22-,23+/m1/s1. The predicted molar refractivity (Wildman–Crippen MR) is 123 cm³/mol. The minimum Gasteiger partial charge on any atom is -0.497 e. The minimum atomic E-state index is -2.15. The molecule has 2 rings (SSSR count). The second-order valence-corrected chi connectivity index (χ2v) is 14.3. The van der Waals surface area contributed by atoms with Gasteiger partial charge in [0.25, 0.3) is 0 Å². The highest BCUT2D eigenvalue weighted by molar-refractivity contribution is 6.74. The molecule has 5 atom stereocenters. The summed E-state index contributed by atoms with van der Waals surface area (Å²) in [5.41, 5.74) is 1.03. The van der Waals surface area contributed by atoms with Crippen molar-refractivity contribution >= 4 is 8.32 Å². The van der Waals surface area contributed by atoms with Gasteiger partial charge in [-0.15, -0.1) is 6.42 Å². The van der Waals surface area contributed by atoms with Crippen LogP contribution in [0.1, 0.15) is 32.8 Å². The molecule has 1 aliphatic heterocycles. The highest BCUT2D eigenvalue weighted by atomic mass is 28.4. The largest absolute Gasteiger partial charge is 0.497 e. The fraction of sp³-hybridized carbons (Fsp3) is 0.667. The molecule has 1 aromatic carbocycles. The molecular formula is C24H38O6Si. The first kappa shape index (κ1) is 25.9. The van der Waals surface area contributed by atoms with Gasteiger partial charge in [0.15, 0.2) is 14.6 Å². The fourth-order valence-electron chi connectivity index (χ4n) is 3.40. The van der Waals surface area contributed by atoms with Crippen LogP contribution in [0.2, 0.25) is 18.1 Å². The van der Waals surface area contributed by atoms with Gasteiger partial charge in [-0.2, -0.15) is 0 Å². The topological polar surface area (TPSA) is 66.4 Å². The molecule has 0 aliphatic carbocycles. The van der Waals surface area contributed by atoms with Gasteiger partial charge in [0.05, 0.1) is 38.4 Å². The van der Waals surface area contributed by atoms with E-state index in [0.29, 0.717) is 19.6 Å². The molecule has 0 spiro atoms. The SMILES string of the molecule is C#C[C@@H]1C[C@@H](O)[C@H]([C@@H](COCc2ccc(OC)cc2)O[Si](C)(C)C(C)(C)C)[C@@H](OC)O1. The number of hydrogen-bond acceptors (Lipinski definition) is 6. The Labute approximate surface area is 188 Å². The van der Waals surface area contributed by atoms with Gasteiger partial charge >= 0.3 is 0 Å². The van der Waals surface area contributed by atoms with E-state index in [1.54, 1.807) is 14.2 Å². The monoisotopic (exact) mass is 450 g/mol. The van der Waals surface area contributed by atoms with Crippen LogP contribution in [0.4, 0.5) is 0 Å². The lowest BCUT2D eigenvalue weighted by molar-refractivity contribution is -0.246. The molecule has 0 aromatic heterocycles. The molecule has 0 bridgehead atoms. The molecule has 1 aromatic rings. The van der Waals surface area contributed by atoms with Crippen LogP contribution in [-0.2, 0) is 25.2 Å². The Hall–Kier alpha value is -1.40. The van der Waals surface area contributed by atoms with Crippen molar-refractivity contribution < 1.29 is 28.5 Å². The lowest BCUT2D eigenvalue weighted by atomic mass is 9.89. The number of rotatable bonds is 9. The van der Waals surface area contributed by atoms with Crippen LogP contribution in [0.5, 0.6) is 5.75 Å². The summed E-state index contributed by atoms with van der Waals surface area (Å²) in [6.45, 7) is 11.7. The highest BCUT2D eigenvalue weighted by Gasteiger charge is 2.47. The van der Waals surface area contributed by atoms with E-state index in [-0.39, 0.29) is 5.04 Å². The molecule has 7 heteroatoms. The van der Waals surface area contributed by atoms with Gasteiger partial charge in [0.2, 0.25) is 0 Å². The van der Waals surface area contributed by atoms with Crippen LogP contribution in [-0.4, -0.2) is 58.9 Å². The Morgan fingerprint density at radius 1 is 1.23 bits per heavy atom. The van der Waals surface area contributed by atoms with Gasteiger partial charge in [0.1, 0.15) is 11.9 Å². The summed E-state index contributed by atoms with van der Waals surface area (Å²) < 4.78 is 29.4. The average Bonchev–Trinajstić information content (AvgIpc) is 2.72. The molecule has 1 N–H and O–H groups in total. The van der Waals surface area contributed by atoms with Crippen molar-refractivity contribution in [3.8, 4) is 18.1 Å². The zero-order valence-corrected chi connectivity index (χ0v) is 20.9. The third kappa shape index (κ3) is 6.79. The van der Waals surface area contributed by atoms with Crippen molar-refractivity contribution in [1.82, 2.24) is 0 Å². The zero-order valence-electron chi connectivity index (χ0n) is 19.9. The summed E-state index contributed by atoms with van der Waals surface area (Å²) in [6, 6.07) is 7.75. The molecule has 174 valence electrons. The first-order chi connectivity index (χ1) is 14.5. The Morgan fingerprint density at radius 3 is 2.39 bits per heavy atom. The second-order valence-electron chi connectivity index (χ2n) is 9.56. The fourth-order valence-corrected chi connectivity index (χ4v) is 4.74. The van der Waals surface area contributed by atoms with E-state index < -0.39 is 38.8 Å². The number of terminal acetylenes is 1. The number of hydrogen-bond donors (Lipinski definition) is 1. The molecule has 1 aliphatic rings. The summed E-state index contributed by atoms with van der Waals surface area (Å²) in [5, 5.41) is 10.9. The van der Waals surface area contributed by atoms with Gasteiger partial charge in [0, 0.05) is 13.5 Å². The molecule has 1 saturated heterocycles. The number of methoxy groups -OCH3 is 2. The highest BCUT2D eigenvalue weighted by Crippen LogP contribution is 2.40. The molecular weight excluding hydrogens is 412 g/mol. The normalized spacial score (nSPS) is 25.6. The van der Waals surface area contributed by atoms with Crippen LogP contribution in [0, 0.1) is 18.3 Å². The van der Waals surface area contributed by atoms with Gasteiger partial charge in [-0.1, -0.05) is 38.8 Å². The summed E-state index contributed by atoms with van der Waals surface area (Å²) in [4.78, 5) is 0. The number of benzene rings is 1. The first-order valence-electron chi connectivity index (χ1n) is 10.7. The third-order valence-electron chi connectivity index (χ3n) is 6.32. The Balaban J connectivity index is 2.18. The minimum absolute atomic E-state index is 0.00558. The quantitative estimate of drug-likeness (QED) is 0.454. The van der Waals surface area contributed by atoms with Crippen LogP contribution < -0.4 is 4.74 Å². The number of aliphatic hydroxyl groups is 1. The van der Waals surface area contributed by atoms with Gasteiger partial charge in [-0.25, -0.2) is 0 Å². The molecule has 0 unspecified atom stereocenters. The molecule has 0 radical (unpaired) electrons. The van der Waals surface area contributed by atoms with Crippen molar-refractivity contribution in [2.45, 2.75) is 76.5 Å². The Bertz CT molecular complexity index is 721. The molecule has 1 heterocycles. The molecule has 31 heavy (non-hydrogen) atoms. The second kappa shape index (κ2) is 11.0. The van der Waals surface area contributed by atoms with Crippen LogP contribution in [0.25, 0.3) is 0 Å².